The minimum Gasteiger partial charge on any atom is -0.354 e. The summed E-state index contributed by atoms with van der Waals surface area (Å²) >= 11 is 0. The van der Waals surface area contributed by atoms with Crippen molar-refractivity contribution < 1.29 is 19.1 Å². The number of nitrogens with one attached hydrogen (secondary N) is 1. The molecule has 0 aromatic heterocycles. The Kier molecular flexibility index (Phi) is 8.24. The van der Waals surface area contributed by atoms with Crippen LogP contribution in [0.2, 0.25) is 0 Å². The fourth-order valence-electron chi connectivity index (χ4n) is 3.17. The highest BCUT2D eigenvalue weighted by Gasteiger charge is 2.48. The van der Waals surface area contributed by atoms with Crippen molar-refractivity contribution in [3.05, 3.63) is 12.2 Å². The number of hydrogen-bond acceptors (Lipinski definition) is 5. The summed E-state index contributed by atoms with van der Waals surface area (Å²) in [5.74, 6) is -0.331. The SMILES string of the molecule is C/C=C/C(=O)N(CC(OC)OC)C1(C(=O)NC(C)(C)C)CCN(C)CC1. The van der Waals surface area contributed by atoms with Crippen LogP contribution in [0.3, 0.4) is 0 Å². The Morgan fingerprint density at radius 1 is 1.23 bits per heavy atom. The summed E-state index contributed by atoms with van der Waals surface area (Å²) in [7, 11) is 5.09. The Balaban J connectivity index is 3.31. The van der Waals surface area contributed by atoms with Crippen molar-refractivity contribution >= 4 is 11.8 Å². The van der Waals surface area contributed by atoms with Gasteiger partial charge < -0.3 is 24.6 Å². The van der Waals surface area contributed by atoms with Crippen molar-refractivity contribution in [1.29, 1.82) is 0 Å². The third-order valence-electron chi connectivity index (χ3n) is 4.67. The van der Waals surface area contributed by atoms with Crippen molar-refractivity contribution in [2.75, 3.05) is 40.9 Å². The van der Waals surface area contributed by atoms with Gasteiger partial charge in [-0.05, 0) is 53.7 Å². The summed E-state index contributed by atoms with van der Waals surface area (Å²) in [6, 6.07) is 0. The number of likely N-dealkylation sites (tertiary alicyclic amines) is 1. The zero-order valence-electron chi connectivity index (χ0n) is 17.3. The molecule has 1 heterocycles. The number of rotatable bonds is 7. The molecule has 2 amide bonds. The second-order valence-corrected chi connectivity index (χ2v) is 7.89. The van der Waals surface area contributed by atoms with E-state index in [2.05, 4.69) is 10.2 Å². The van der Waals surface area contributed by atoms with E-state index < -0.39 is 11.8 Å². The maximum Gasteiger partial charge on any atom is 0.247 e. The predicted octanol–water partition coefficient (Wildman–Crippen LogP) is 1.39. The molecule has 0 aromatic carbocycles. The van der Waals surface area contributed by atoms with Gasteiger partial charge in [-0.25, -0.2) is 0 Å². The first kappa shape index (κ1) is 22.6. The van der Waals surface area contributed by atoms with Crippen LogP contribution in [-0.4, -0.2) is 79.9 Å². The number of carbonyl (C=O) groups is 2. The van der Waals surface area contributed by atoms with Gasteiger partial charge in [0.2, 0.25) is 11.8 Å². The van der Waals surface area contributed by atoms with E-state index in [-0.39, 0.29) is 23.9 Å². The lowest BCUT2D eigenvalue weighted by Gasteiger charge is -2.48. The van der Waals surface area contributed by atoms with Crippen LogP contribution >= 0.6 is 0 Å². The molecule has 1 aliphatic heterocycles. The number of carbonyl (C=O) groups excluding carboxylic acids is 2. The molecule has 0 saturated carbocycles. The van der Waals surface area contributed by atoms with Crippen LogP contribution in [-0.2, 0) is 19.1 Å². The van der Waals surface area contributed by atoms with Crippen LogP contribution in [0.25, 0.3) is 0 Å². The molecule has 1 saturated heterocycles. The van der Waals surface area contributed by atoms with Crippen molar-refractivity contribution in [3.63, 3.8) is 0 Å². The average molecular weight is 370 g/mol. The highest BCUT2D eigenvalue weighted by molar-refractivity contribution is 5.96. The molecule has 1 rings (SSSR count). The summed E-state index contributed by atoms with van der Waals surface area (Å²) in [5.41, 5.74) is -1.31. The van der Waals surface area contributed by atoms with Gasteiger partial charge in [0.05, 0.1) is 6.54 Å². The molecule has 7 nitrogen and oxygen atoms in total. The summed E-state index contributed by atoms with van der Waals surface area (Å²) in [5, 5.41) is 3.07. The van der Waals surface area contributed by atoms with E-state index in [1.807, 2.05) is 27.8 Å². The first-order valence-electron chi connectivity index (χ1n) is 9.10. The molecule has 0 bridgehead atoms. The molecule has 1 N–H and O–H groups in total. The van der Waals surface area contributed by atoms with E-state index in [0.29, 0.717) is 12.8 Å². The number of hydrogen-bond donors (Lipinski definition) is 1. The van der Waals surface area contributed by atoms with Gasteiger partial charge >= 0.3 is 0 Å². The highest BCUT2D eigenvalue weighted by Crippen LogP contribution is 2.31. The Morgan fingerprint density at radius 3 is 2.19 bits per heavy atom. The summed E-state index contributed by atoms with van der Waals surface area (Å²) < 4.78 is 10.6. The summed E-state index contributed by atoms with van der Waals surface area (Å²) in [4.78, 5) is 30.0. The second-order valence-electron chi connectivity index (χ2n) is 7.89. The van der Waals surface area contributed by atoms with E-state index in [9.17, 15) is 9.59 Å². The number of amides is 2. The average Bonchev–Trinajstić information content (AvgIpc) is 2.56. The van der Waals surface area contributed by atoms with Gasteiger partial charge in [0, 0.05) is 32.8 Å². The molecule has 0 spiro atoms. The van der Waals surface area contributed by atoms with Gasteiger partial charge in [-0.1, -0.05) is 6.08 Å². The second kappa shape index (κ2) is 9.48. The monoisotopic (exact) mass is 369 g/mol. The van der Waals surface area contributed by atoms with Gasteiger partial charge in [-0.15, -0.1) is 0 Å². The fraction of sp³-hybridized carbons (Fsp3) is 0.789. The summed E-state index contributed by atoms with van der Waals surface area (Å²) in [6.07, 6.45) is 3.72. The minimum absolute atomic E-state index is 0.123. The van der Waals surface area contributed by atoms with Crippen LogP contribution in [0.5, 0.6) is 0 Å². The maximum atomic E-state index is 13.3. The molecule has 0 unspecified atom stereocenters. The van der Waals surface area contributed by atoms with E-state index >= 15 is 0 Å². The molecular weight excluding hydrogens is 334 g/mol. The van der Waals surface area contributed by atoms with Crippen molar-refractivity contribution in [3.8, 4) is 0 Å². The van der Waals surface area contributed by atoms with Crippen molar-refractivity contribution in [2.45, 2.75) is 57.9 Å². The number of nitrogens with zero attached hydrogens (tertiary/aromatic N) is 2. The van der Waals surface area contributed by atoms with Crippen molar-refractivity contribution in [1.82, 2.24) is 15.1 Å². The first-order valence-corrected chi connectivity index (χ1v) is 9.10. The number of allylic oxidation sites excluding steroid dienone is 1. The molecule has 0 aromatic rings. The van der Waals surface area contributed by atoms with Crippen LogP contribution in [0, 0.1) is 0 Å². The molecular formula is C19H35N3O4. The lowest BCUT2D eigenvalue weighted by Crippen LogP contribution is -2.67. The first-order chi connectivity index (χ1) is 12.1. The molecule has 0 atom stereocenters. The lowest BCUT2D eigenvalue weighted by molar-refractivity contribution is -0.164. The number of piperidine rings is 1. The molecule has 7 heteroatoms. The third-order valence-corrected chi connectivity index (χ3v) is 4.67. The number of ether oxygens (including phenoxy) is 2. The van der Waals surface area contributed by atoms with Crippen molar-refractivity contribution in [2.24, 2.45) is 0 Å². The molecule has 0 aliphatic carbocycles. The van der Waals surface area contributed by atoms with Gasteiger partial charge in [-0.3, -0.25) is 9.59 Å². The smallest absolute Gasteiger partial charge is 0.247 e. The fourth-order valence-corrected chi connectivity index (χ4v) is 3.17. The molecule has 1 aliphatic rings. The Morgan fingerprint density at radius 2 is 1.77 bits per heavy atom. The largest absolute Gasteiger partial charge is 0.354 e. The van der Waals surface area contributed by atoms with Crippen LogP contribution in [0.1, 0.15) is 40.5 Å². The standard InChI is InChI=1S/C19H35N3O4/c1-8-9-15(23)22(14-16(25-6)26-7)19(10-12-21(5)13-11-19)17(24)20-18(2,3)4/h8-9,16H,10-14H2,1-7H3,(H,20,24)/b9-8+. The summed E-state index contributed by atoms with van der Waals surface area (Å²) in [6.45, 7) is 9.29. The van der Waals surface area contributed by atoms with Gasteiger partial charge in [0.1, 0.15) is 5.54 Å². The van der Waals surface area contributed by atoms with Gasteiger partial charge in [0.25, 0.3) is 0 Å². The zero-order valence-corrected chi connectivity index (χ0v) is 17.3. The molecule has 0 radical (unpaired) electrons. The quantitative estimate of drug-likeness (QED) is 0.542. The minimum atomic E-state index is -0.925. The van der Waals surface area contributed by atoms with Crippen LogP contribution < -0.4 is 5.32 Å². The van der Waals surface area contributed by atoms with E-state index in [0.717, 1.165) is 13.1 Å². The van der Waals surface area contributed by atoms with Gasteiger partial charge in [-0.2, -0.15) is 0 Å². The molecule has 26 heavy (non-hydrogen) atoms. The third kappa shape index (κ3) is 5.79. The normalized spacial score (nSPS) is 18.3. The van der Waals surface area contributed by atoms with Gasteiger partial charge in [0.15, 0.2) is 6.29 Å². The Labute approximate surface area is 157 Å². The Hall–Kier alpha value is -1.44. The lowest BCUT2D eigenvalue weighted by atomic mass is 9.83. The van der Waals surface area contributed by atoms with E-state index in [1.165, 1.54) is 20.3 Å². The van der Waals surface area contributed by atoms with Crippen LogP contribution in [0.4, 0.5) is 0 Å². The Bertz CT molecular complexity index is 501. The molecule has 1 fully saturated rings. The highest BCUT2D eigenvalue weighted by atomic mass is 16.7. The van der Waals surface area contributed by atoms with Crippen LogP contribution in [0.15, 0.2) is 12.2 Å². The number of methoxy groups -OCH3 is 2. The van der Waals surface area contributed by atoms with E-state index in [1.54, 1.807) is 17.9 Å². The maximum absolute atomic E-state index is 13.3. The zero-order chi connectivity index (χ0) is 20.0. The molecule has 150 valence electrons. The van der Waals surface area contributed by atoms with E-state index in [4.69, 9.17) is 9.47 Å². The topological polar surface area (TPSA) is 71.1 Å². The predicted molar refractivity (Wildman–Crippen MR) is 102 cm³/mol.